The molecule has 1 unspecified atom stereocenters. The molecule has 2 nitrogen and oxygen atoms in total. The van der Waals surface area contributed by atoms with E-state index in [0.29, 0.717) is 11.3 Å². The molecule has 2 N–H and O–H groups in total. The monoisotopic (exact) mass is 339 g/mol. The molecule has 0 saturated heterocycles. The molecular weight excluding hydrogens is 329 g/mol. The SMILES string of the molecule is Cc1c(C(N)c2ccc(Br)s2)oc2cc(F)ccc12. The van der Waals surface area contributed by atoms with E-state index in [-0.39, 0.29) is 11.9 Å². The highest BCUT2D eigenvalue weighted by Gasteiger charge is 2.20. The molecule has 0 radical (unpaired) electrons. The Bertz CT molecular complexity index is 749. The summed E-state index contributed by atoms with van der Waals surface area (Å²) in [6.07, 6.45) is 0. The van der Waals surface area contributed by atoms with E-state index in [1.807, 2.05) is 19.1 Å². The van der Waals surface area contributed by atoms with Crippen LogP contribution in [0.5, 0.6) is 0 Å². The molecule has 0 fully saturated rings. The van der Waals surface area contributed by atoms with E-state index in [2.05, 4.69) is 15.9 Å². The molecule has 1 atom stereocenters. The van der Waals surface area contributed by atoms with Crippen molar-refractivity contribution < 1.29 is 8.81 Å². The quantitative estimate of drug-likeness (QED) is 0.731. The van der Waals surface area contributed by atoms with Gasteiger partial charge in [0.15, 0.2) is 0 Å². The Morgan fingerprint density at radius 3 is 2.79 bits per heavy atom. The van der Waals surface area contributed by atoms with Crippen LogP contribution in [0.1, 0.15) is 22.2 Å². The molecule has 3 aromatic rings. The maximum absolute atomic E-state index is 13.2. The van der Waals surface area contributed by atoms with Crippen LogP contribution in [0.15, 0.2) is 38.5 Å². The molecule has 3 rings (SSSR count). The van der Waals surface area contributed by atoms with Gasteiger partial charge in [-0.15, -0.1) is 11.3 Å². The second-order valence-corrected chi connectivity index (χ2v) is 6.85. The summed E-state index contributed by atoms with van der Waals surface area (Å²) in [5.74, 6) is 0.384. The number of thiophene rings is 1. The summed E-state index contributed by atoms with van der Waals surface area (Å²) in [6, 6.07) is 8.14. The number of hydrogen-bond donors (Lipinski definition) is 1. The van der Waals surface area contributed by atoms with Crippen molar-refractivity contribution in [2.45, 2.75) is 13.0 Å². The van der Waals surface area contributed by atoms with E-state index in [9.17, 15) is 4.39 Å². The minimum Gasteiger partial charge on any atom is -0.459 e. The van der Waals surface area contributed by atoms with E-state index in [1.165, 1.54) is 12.1 Å². The Kier molecular flexibility index (Phi) is 3.20. The normalized spacial score (nSPS) is 13.1. The summed E-state index contributed by atoms with van der Waals surface area (Å²) in [6.45, 7) is 1.95. The summed E-state index contributed by atoms with van der Waals surface area (Å²) in [5, 5.41) is 0.905. The highest BCUT2D eigenvalue weighted by molar-refractivity contribution is 9.11. The van der Waals surface area contributed by atoms with Crippen molar-refractivity contribution in [1.29, 1.82) is 0 Å². The number of hydrogen-bond acceptors (Lipinski definition) is 3. The van der Waals surface area contributed by atoms with Crippen LogP contribution < -0.4 is 5.73 Å². The minimum atomic E-state index is -0.327. The van der Waals surface area contributed by atoms with Gasteiger partial charge in [-0.1, -0.05) is 0 Å². The second-order valence-electron chi connectivity index (χ2n) is 4.35. The summed E-state index contributed by atoms with van der Waals surface area (Å²) in [4.78, 5) is 1.01. The first-order chi connectivity index (χ1) is 9.06. The largest absolute Gasteiger partial charge is 0.459 e. The van der Waals surface area contributed by atoms with E-state index in [1.54, 1.807) is 17.4 Å². The van der Waals surface area contributed by atoms with Gasteiger partial charge in [0.25, 0.3) is 0 Å². The molecule has 1 aromatic carbocycles. The lowest BCUT2D eigenvalue weighted by Gasteiger charge is -2.07. The van der Waals surface area contributed by atoms with Crippen molar-refractivity contribution in [1.82, 2.24) is 0 Å². The zero-order valence-corrected chi connectivity index (χ0v) is 12.5. The maximum atomic E-state index is 13.2. The second kappa shape index (κ2) is 4.74. The molecule has 0 aliphatic rings. The number of nitrogens with two attached hydrogens (primary N) is 1. The molecule has 98 valence electrons. The first-order valence-electron chi connectivity index (χ1n) is 5.75. The number of furan rings is 1. The van der Waals surface area contributed by atoms with Crippen LogP contribution in [-0.2, 0) is 0 Å². The smallest absolute Gasteiger partial charge is 0.137 e. The third-order valence-electron chi connectivity index (χ3n) is 3.12. The van der Waals surface area contributed by atoms with E-state index >= 15 is 0 Å². The van der Waals surface area contributed by atoms with Gasteiger partial charge in [-0.2, -0.15) is 0 Å². The number of fused-ring (bicyclic) bond motifs is 1. The molecule has 0 saturated carbocycles. The van der Waals surface area contributed by atoms with Crippen molar-refractivity contribution in [3.63, 3.8) is 0 Å². The zero-order chi connectivity index (χ0) is 13.6. The molecule has 2 heterocycles. The van der Waals surface area contributed by atoms with Crippen molar-refractivity contribution in [3.8, 4) is 0 Å². The number of halogens is 2. The van der Waals surface area contributed by atoms with Gasteiger partial charge < -0.3 is 10.2 Å². The van der Waals surface area contributed by atoms with Gasteiger partial charge in [0.1, 0.15) is 17.2 Å². The van der Waals surface area contributed by atoms with Crippen LogP contribution >= 0.6 is 27.3 Å². The predicted molar refractivity (Wildman–Crippen MR) is 79.0 cm³/mol. The summed E-state index contributed by atoms with van der Waals surface area (Å²) in [7, 11) is 0. The Morgan fingerprint density at radius 2 is 2.11 bits per heavy atom. The highest BCUT2D eigenvalue weighted by Crippen LogP contribution is 2.35. The van der Waals surface area contributed by atoms with Crippen molar-refractivity contribution >= 4 is 38.2 Å². The van der Waals surface area contributed by atoms with Gasteiger partial charge in [-0.3, -0.25) is 0 Å². The molecule has 2 aromatic heterocycles. The lowest BCUT2D eigenvalue weighted by Crippen LogP contribution is -2.10. The lowest BCUT2D eigenvalue weighted by molar-refractivity contribution is 0.521. The fourth-order valence-electron chi connectivity index (χ4n) is 2.14. The highest BCUT2D eigenvalue weighted by atomic mass is 79.9. The average molecular weight is 340 g/mol. The Balaban J connectivity index is 2.12. The maximum Gasteiger partial charge on any atom is 0.137 e. The van der Waals surface area contributed by atoms with Gasteiger partial charge in [0, 0.05) is 21.9 Å². The van der Waals surface area contributed by atoms with Crippen LogP contribution in [0.4, 0.5) is 4.39 Å². The number of benzene rings is 1. The fourth-order valence-corrected chi connectivity index (χ4v) is 3.56. The lowest BCUT2D eigenvalue weighted by atomic mass is 10.1. The molecule has 19 heavy (non-hydrogen) atoms. The fraction of sp³-hybridized carbons (Fsp3) is 0.143. The van der Waals surface area contributed by atoms with Crippen molar-refractivity contribution in [2.24, 2.45) is 5.73 Å². The molecule has 0 bridgehead atoms. The first kappa shape index (κ1) is 12.8. The van der Waals surface area contributed by atoms with Crippen LogP contribution in [0.2, 0.25) is 0 Å². The zero-order valence-electron chi connectivity index (χ0n) is 10.1. The summed E-state index contributed by atoms with van der Waals surface area (Å²) < 4.78 is 20.0. The van der Waals surface area contributed by atoms with Crippen LogP contribution in [0.25, 0.3) is 11.0 Å². The molecule has 0 spiro atoms. The molecule has 5 heteroatoms. The van der Waals surface area contributed by atoms with E-state index < -0.39 is 0 Å². The number of aryl methyl sites for hydroxylation is 1. The van der Waals surface area contributed by atoms with Gasteiger partial charge in [0.05, 0.1) is 9.83 Å². The Morgan fingerprint density at radius 1 is 1.32 bits per heavy atom. The average Bonchev–Trinajstić information content (AvgIpc) is 2.93. The van der Waals surface area contributed by atoms with Gasteiger partial charge in [-0.05, 0) is 47.1 Å². The summed E-state index contributed by atoms with van der Waals surface area (Å²) >= 11 is 4.99. The van der Waals surface area contributed by atoms with Crippen LogP contribution in [0.3, 0.4) is 0 Å². The van der Waals surface area contributed by atoms with E-state index in [0.717, 1.165) is 19.6 Å². The standard InChI is InChI=1S/C14H11BrFNOS/c1-7-9-3-2-8(16)6-10(9)18-14(7)13(17)11-4-5-12(15)19-11/h2-6,13H,17H2,1H3. The van der Waals surface area contributed by atoms with Crippen molar-refractivity contribution in [3.05, 3.63) is 56.1 Å². The minimum absolute atomic E-state index is 0.305. The summed E-state index contributed by atoms with van der Waals surface area (Å²) in [5.41, 5.74) is 7.74. The van der Waals surface area contributed by atoms with Gasteiger partial charge in [-0.25, -0.2) is 4.39 Å². The van der Waals surface area contributed by atoms with E-state index in [4.69, 9.17) is 10.2 Å². The molecule has 0 aliphatic carbocycles. The third kappa shape index (κ3) is 2.22. The topological polar surface area (TPSA) is 39.2 Å². The van der Waals surface area contributed by atoms with Crippen LogP contribution in [-0.4, -0.2) is 0 Å². The van der Waals surface area contributed by atoms with Gasteiger partial charge >= 0.3 is 0 Å². The number of rotatable bonds is 2. The predicted octanol–water partition coefficient (Wildman–Crippen LogP) is 4.75. The molecule has 0 amide bonds. The Labute approximate surface area is 122 Å². The van der Waals surface area contributed by atoms with Crippen LogP contribution in [0, 0.1) is 12.7 Å². The third-order valence-corrected chi connectivity index (χ3v) is 4.83. The Hall–Kier alpha value is -1.17. The van der Waals surface area contributed by atoms with Gasteiger partial charge in [0.2, 0.25) is 0 Å². The first-order valence-corrected chi connectivity index (χ1v) is 7.36. The molecule has 0 aliphatic heterocycles. The van der Waals surface area contributed by atoms with Crippen molar-refractivity contribution in [2.75, 3.05) is 0 Å². The molecular formula is C14H11BrFNOS.